The van der Waals surface area contributed by atoms with E-state index in [1.165, 1.54) is 14.0 Å². The summed E-state index contributed by atoms with van der Waals surface area (Å²) >= 11 is 0. The standard InChI is InChI=1S/C12H23NO7/c1-6(15)13-9-7(16)4-12(2,19-3)20-11(9)10(18)8(17)5-14/h7-11,14,16-18H,4-5H2,1-3H3,(H,13,15). The third-order valence-corrected chi connectivity index (χ3v) is 3.45. The Hall–Kier alpha value is -0.770. The van der Waals surface area contributed by atoms with Crippen LogP contribution in [0.2, 0.25) is 0 Å². The SMILES string of the molecule is COC1(C)CC(O)C(NC(C)=O)C(C(O)C(O)CO)O1. The lowest BCUT2D eigenvalue weighted by atomic mass is 9.89. The monoisotopic (exact) mass is 293 g/mol. The Morgan fingerprint density at radius 1 is 1.55 bits per heavy atom. The van der Waals surface area contributed by atoms with Crippen LogP contribution in [0.15, 0.2) is 0 Å². The van der Waals surface area contributed by atoms with Crippen LogP contribution in [0.1, 0.15) is 20.3 Å². The Bertz CT molecular complexity index is 340. The van der Waals surface area contributed by atoms with Crippen LogP contribution in [-0.2, 0) is 14.3 Å². The number of aliphatic hydroxyl groups excluding tert-OH is 4. The minimum atomic E-state index is -1.48. The Kier molecular flexibility index (Phi) is 5.87. The van der Waals surface area contributed by atoms with Crippen LogP contribution >= 0.6 is 0 Å². The molecule has 0 bridgehead atoms. The van der Waals surface area contributed by atoms with E-state index >= 15 is 0 Å². The molecular weight excluding hydrogens is 270 g/mol. The van der Waals surface area contributed by atoms with Crippen molar-refractivity contribution in [2.75, 3.05) is 13.7 Å². The lowest BCUT2D eigenvalue weighted by Crippen LogP contribution is -2.65. The quantitative estimate of drug-likeness (QED) is 0.386. The molecule has 8 heteroatoms. The van der Waals surface area contributed by atoms with Crippen LogP contribution in [0, 0.1) is 0 Å². The summed E-state index contributed by atoms with van der Waals surface area (Å²) in [5, 5.41) is 41.1. The molecule has 1 aliphatic rings. The van der Waals surface area contributed by atoms with Gasteiger partial charge in [0.1, 0.15) is 18.3 Å². The van der Waals surface area contributed by atoms with Crippen LogP contribution in [0.5, 0.6) is 0 Å². The second kappa shape index (κ2) is 6.79. The van der Waals surface area contributed by atoms with E-state index in [0.29, 0.717) is 0 Å². The first-order valence-electron chi connectivity index (χ1n) is 6.39. The van der Waals surface area contributed by atoms with Crippen LogP contribution in [0.25, 0.3) is 0 Å². The number of carbonyl (C=O) groups excluding carboxylic acids is 1. The first kappa shape index (κ1) is 17.3. The third kappa shape index (κ3) is 3.87. The predicted molar refractivity (Wildman–Crippen MR) is 67.6 cm³/mol. The summed E-state index contributed by atoms with van der Waals surface area (Å²) in [4.78, 5) is 11.2. The maximum atomic E-state index is 11.2. The van der Waals surface area contributed by atoms with E-state index in [1.807, 2.05) is 0 Å². The zero-order valence-electron chi connectivity index (χ0n) is 11.8. The molecule has 1 fully saturated rings. The predicted octanol–water partition coefficient (Wildman–Crippen LogP) is -2.28. The largest absolute Gasteiger partial charge is 0.394 e. The molecule has 8 nitrogen and oxygen atoms in total. The molecule has 1 heterocycles. The number of hydrogen-bond donors (Lipinski definition) is 5. The van der Waals surface area contributed by atoms with Crippen molar-refractivity contribution in [2.24, 2.45) is 0 Å². The van der Waals surface area contributed by atoms with Crippen molar-refractivity contribution in [1.29, 1.82) is 0 Å². The van der Waals surface area contributed by atoms with E-state index in [0.717, 1.165) is 0 Å². The first-order chi connectivity index (χ1) is 9.24. The summed E-state index contributed by atoms with van der Waals surface area (Å²) in [5.74, 6) is -1.57. The van der Waals surface area contributed by atoms with Crippen molar-refractivity contribution >= 4 is 5.91 Å². The van der Waals surface area contributed by atoms with Gasteiger partial charge in [0.25, 0.3) is 0 Å². The molecule has 0 aromatic carbocycles. The van der Waals surface area contributed by atoms with Crippen LogP contribution in [0.4, 0.5) is 0 Å². The van der Waals surface area contributed by atoms with Crippen LogP contribution < -0.4 is 5.32 Å². The van der Waals surface area contributed by atoms with Gasteiger partial charge in [-0.25, -0.2) is 0 Å². The first-order valence-corrected chi connectivity index (χ1v) is 6.39. The highest BCUT2D eigenvalue weighted by Crippen LogP contribution is 2.32. The molecule has 5 N–H and O–H groups in total. The molecule has 20 heavy (non-hydrogen) atoms. The Morgan fingerprint density at radius 3 is 2.60 bits per heavy atom. The summed E-state index contributed by atoms with van der Waals surface area (Å²) in [6.45, 7) is 2.17. The van der Waals surface area contributed by atoms with E-state index in [4.69, 9.17) is 14.6 Å². The van der Waals surface area contributed by atoms with Gasteiger partial charge in [0.05, 0.1) is 18.8 Å². The molecule has 0 radical (unpaired) electrons. The van der Waals surface area contributed by atoms with Gasteiger partial charge in [-0.1, -0.05) is 0 Å². The molecule has 0 aromatic rings. The fourth-order valence-corrected chi connectivity index (χ4v) is 2.29. The average molecular weight is 293 g/mol. The Labute approximate surface area is 117 Å². The maximum absolute atomic E-state index is 11.2. The minimum absolute atomic E-state index is 0.0902. The van der Waals surface area contributed by atoms with Gasteiger partial charge in [-0.15, -0.1) is 0 Å². The van der Waals surface area contributed by atoms with Crippen molar-refractivity contribution in [3.63, 3.8) is 0 Å². The zero-order valence-corrected chi connectivity index (χ0v) is 11.8. The molecule has 0 spiro atoms. The number of hydrogen-bond acceptors (Lipinski definition) is 7. The van der Waals surface area contributed by atoms with E-state index in [-0.39, 0.29) is 6.42 Å². The number of amides is 1. The smallest absolute Gasteiger partial charge is 0.217 e. The normalized spacial score (nSPS) is 37.2. The zero-order chi connectivity index (χ0) is 15.5. The number of rotatable bonds is 5. The summed E-state index contributed by atoms with van der Waals surface area (Å²) in [6, 6.07) is -0.910. The van der Waals surface area contributed by atoms with Crippen LogP contribution in [-0.4, -0.2) is 76.3 Å². The van der Waals surface area contributed by atoms with Gasteiger partial charge in [-0.05, 0) is 6.92 Å². The van der Waals surface area contributed by atoms with E-state index < -0.39 is 48.8 Å². The number of aliphatic hydroxyl groups is 4. The minimum Gasteiger partial charge on any atom is -0.394 e. The highest BCUT2D eigenvalue weighted by Gasteiger charge is 2.48. The molecular formula is C12H23NO7. The topological polar surface area (TPSA) is 128 Å². The summed E-state index contributed by atoms with van der Waals surface area (Å²) < 4.78 is 10.7. The van der Waals surface area contributed by atoms with E-state index in [1.54, 1.807) is 6.92 Å². The lowest BCUT2D eigenvalue weighted by molar-refractivity contribution is -0.302. The molecule has 6 unspecified atom stereocenters. The van der Waals surface area contributed by atoms with Gasteiger partial charge >= 0.3 is 0 Å². The number of ether oxygens (including phenoxy) is 2. The van der Waals surface area contributed by atoms with Gasteiger partial charge in [0, 0.05) is 20.5 Å². The van der Waals surface area contributed by atoms with Crippen molar-refractivity contribution < 1.29 is 34.7 Å². The average Bonchev–Trinajstić information content (AvgIpc) is 2.39. The number of nitrogens with one attached hydrogen (secondary N) is 1. The summed E-state index contributed by atoms with van der Waals surface area (Å²) in [5.41, 5.74) is 0. The Balaban J connectivity index is 2.98. The van der Waals surface area contributed by atoms with Crippen molar-refractivity contribution in [3.05, 3.63) is 0 Å². The van der Waals surface area contributed by atoms with Crippen molar-refractivity contribution in [3.8, 4) is 0 Å². The molecule has 1 saturated heterocycles. The molecule has 0 saturated carbocycles. The fourth-order valence-electron chi connectivity index (χ4n) is 2.29. The highest BCUT2D eigenvalue weighted by atomic mass is 16.7. The van der Waals surface area contributed by atoms with Gasteiger partial charge in [0.2, 0.25) is 5.91 Å². The summed E-state index contributed by atoms with van der Waals surface area (Å²) in [7, 11) is 1.39. The summed E-state index contributed by atoms with van der Waals surface area (Å²) in [6.07, 6.45) is -4.99. The van der Waals surface area contributed by atoms with Gasteiger partial charge in [-0.2, -0.15) is 0 Å². The van der Waals surface area contributed by atoms with Crippen molar-refractivity contribution in [1.82, 2.24) is 5.32 Å². The maximum Gasteiger partial charge on any atom is 0.217 e. The fraction of sp³-hybridized carbons (Fsp3) is 0.917. The molecule has 1 aliphatic heterocycles. The number of methoxy groups -OCH3 is 1. The second-order valence-corrected chi connectivity index (χ2v) is 5.16. The van der Waals surface area contributed by atoms with Crippen molar-refractivity contribution in [2.45, 2.75) is 56.5 Å². The lowest BCUT2D eigenvalue weighted by Gasteiger charge is -2.46. The van der Waals surface area contributed by atoms with Crippen LogP contribution in [0.3, 0.4) is 0 Å². The van der Waals surface area contributed by atoms with Gasteiger partial charge < -0.3 is 35.2 Å². The van der Waals surface area contributed by atoms with E-state index in [9.17, 15) is 20.1 Å². The van der Waals surface area contributed by atoms with Gasteiger partial charge in [0.15, 0.2) is 5.79 Å². The second-order valence-electron chi connectivity index (χ2n) is 5.16. The molecule has 1 amide bonds. The third-order valence-electron chi connectivity index (χ3n) is 3.45. The Morgan fingerprint density at radius 2 is 2.15 bits per heavy atom. The van der Waals surface area contributed by atoms with Gasteiger partial charge in [-0.3, -0.25) is 4.79 Å². The van der Waals surface area contributed by atoms with E-state index in [2.05, 4.69) is 5.32 Å². The highest BCUT2D eigenvalue weighted by molar-refractivity contribution is 5.73. The number of carbonyl (C=O) groups is 1. The molecule has 6 atom stereocenters. The molecule has 0 aromatic heterocycles. The molecule has 1 rings (SSSR count). The molecule has 118 valence electrons. The molecule has 0 aliphatic carbocycles.